The van der Waals surface area contributed by atoms with Gasteiger partial charge in [-0.2, -0.15) is 5.10 Å². The minimum absolute atomic E-state index is 0.196. The molecular weight excluding hydrogens is 500 g/mol. The van der Waals surface area contributed by atoms with Gasteiger partial charge in [-0.3, -0.25) is 4.79 Å². The first-order valence-corrected chi connectivity index (χ1v) is 12.9. The molecule has 0 aliphatic carbocycles. The highest BCUT2D eigenvalue weighted by atomic mass is 16.6. The van der Waals surface area contributed by atoms with Crippen molar-refractivity contribution in [2.75, 3.05) is 26.4 Å². The van der Waals surface area contributed by atoms with Crippen LogP contribution in [0.15, 0.2) is 71.8 Å². The van der Waals surface area contributed by atoms with E-state index >= 15 is 0 Å². The lowest BCUT2D eigenvalue weighted by Crippen LogP contribution is -2.24. The molecule has 0 aliphatic rings. The molecular formula is C30H34N2O7. The van der Waals surface area contributed by atoms with Gasteiger partial charge in [-0.05, 0) is 92.6 Å². The number of benzene rings is 3. The lowest BCUT2D eigenvalue weighted by Gasteiger charge is -2.11. The van der Waals surface area contributed by atoms with Crippen LogP contribution in [0.5, 0.6) is 28.7 Å². The Morgan fingerprint density at radius 2 is 1.41 bits per heavy atom. The average Bonchev–Trinajstić information content (AvgIpc) is 2.95. The maximum absolute atomic E-state index is 12.6. The molecule has 3 aromatic carbocycles. The number of carbonyl (C=O) groups is 2. The van der Waals surface area contributed by atoms with Crippen LogP contribution in [0.25, 0.3) is 0 Å². The van der Waals surface area contributed by atoms with Crippen LogP contribution in [-0.4, -0.2) is 44.5 Å². The van der Waals surface area contributed by atoms with Crippen LogP contribution >= 0.6 is 0 Å². The van der Waals surface area contributed by atoms with Crippen molar-refractivity contribution in [3.8, 4) is 28.7 Å². The molecule has 0 spiro atoms. The van der Waals surface area contributed by atoms with Crippen molar-refractivity contribution in [2.45, 2.75) is 33.6 Å². The summed E-state index contributed by atoms with van der Waals surface area (Å²) >= 11 is 0. The summed E-state index contributed by atoms with van der Waals surface area (Å²) in [6.45, 7) is 7.20. The van der Waals surface area contributed by atoms with Crippen molar-refractivity contribution in [3.63, 3.8) is 0 Å². The maximum atomic E-state index is 12.6. The molecule has 0 saturated heterocycles. The fraction of sp³-hybridized carbons (Fsp3) is 0.300. The van der Waals surface area contributed by atoms with E-state index in [1.54, 1.807) is 66.7 Å². The summed E-state index contributed by atoms with van der Waals surface area (Å²) in [5.41, 5.74) is 3.45. The Bertz CT molecular complexity index is 1230. The standard InChI is InChI=1S/C30H34N2O7/c1-4-7-18-37-25-13-15-26(16-14-25)38-21-29(33)32-31-20-22-8-17-27(28(19-22)36-6-3)39-30(34)23-9-11-24(12-10-23)35-5-2/h8-17,19-20H,4-7,18,21H2,1-3H3,(H,32,33)/b31-20+. The number of hydrogen-bond acceptors (Lipinski definition) is 8. The van der Waals surface area contributed by atoms with Crippen LogP contribution in [0.3, 0.4) is 0 Å². The van der Waals surface area contributed by atoms with Gasteiger partial charge in [-0.1, -0.05) is 13.3 Å². The third kappa shape index (κ3) is 9.70. The quantitative estimate of drug-likeness (QED) is 0.0914. The summed E-state index contributed by atoms with van der Waals surface area (Å²) in [7, 11) is 0. The molecule has 206 valence electrons. The van der Waals surface area contributed by atoms with Gasteiger partial charge in [-0.15, -0.1) is 0 Å². The second-order valence-electron chi connectivity index (χ2n) is 8.24. The third-order valence-electron chi connectivity index (χ3n) is 5.23. The molecule has 0 unspecified atom stereocenters. The van der Waals surface area contributed by atoms with Gasteiger partial charge in [0.05, 0.1) is 31.6 Å². The van der Waals surface area contributed by atoms with E-state index in [1.807, 2.05) is 13.8 Å². The van der Waals surface area contributed by atoms with Crippen LogP contribution in [0.4, 0.5) is 0 Å². The molecule has 0 radical (unpaired) electrons. The maximum Gasteiger partial charge on any atom is 0.343 e. The lowest BCUT2D eigenvalue weighted by molar-refractivity contribution is -0.123. The van der Waals surface area contributed by atoms with E-state index in [-0.39, 0.29) is 12.4 Å². The largest absolute Gasteiger partial charge is 0.494 e. The van der Waals surface area contributed by atoms with Gasteiger partial charge in [0, 0.05) is 0 Å². The predicted molar refractivity (Wildman–Crippen MR) is 148 cm³/mol. The normalized spacial score (nSPS) is 10.6. The molecule has 0 aromatic heterocycles. The Kier molecular flexibility index (Phi) is 11.7. The molecule has 0 saturated carbocycles. The van der Waals surface area contributed by atoms with E-state index in [4.69, 9.17) is 23.7 Å². The van der Waals surface area contributed by atoms with Crippen molar-refractivity contribution < 1.29 is 33.3 Å². The Morgan fingerprint density at radius 3 is 2.08 bits per heavy atom. The smallest absolute Gasteiger partial charge is 0.343 e. The number of hydrazone groups is 1. The van der Waals surface area contributed by atoms with E-state index in [0.29, 0.717) is 48.2 Å². The molecule has 9 nitrogen and oxygen atoms in total. The Hall–Kier alpha value is -4.53. The number of esters is 1. The minimum atomic E-state index is -0.522. The van der Waals surface area contributed by atoms with Gasteiger partial charge in [0.2, 0.25) is 0 Å². The number of ether oxygens (including phenoxy) is 5. The van der Waals surface area contributed by atoms with Gasteiger partial charge in [0.25, 0.3) is 5.91 Å². The molecule has 3 rings (SSSR count). The fourth-order valence-corrected chi connectivity index (χ4v) is 3.30. The summed E-state index contributed by atoms with van der Waals surface area (Å²) in [5, 5.41) is 3.97. The molecule has 39 heavy (non-hydrogen) atoms. The summed E-state index contributed by atoms with van der Waals surface area (Å²) < 4.78 is 27.7. The van der Waals surface area contributed by atoms with Crippen LogP contribution in [0, 0.1) is 0 Å². The molecule has 1 amide bonds. The molecule has 0 bridgehead atoms. The summed E-state index contributed by atoms with van der Waals surface area (Å²) in [5.74, 6) is 1.69. The zero-order valence-electron chi connectivity index (χ0n) is 22.5. The zero-order valence-corrected chi connectivity index (χ0v) is 22.5. The second-order valence-corrected chi connectivity index (χ2v) is 8.24. The highest BCUT2D eigenvalue weighted by molar-refractivity contribution is 5.92. The van der Waals surface area contributed by atoms with Gasteiger partial charge in [0.15, 0.2) is 18.1 Å². The first-order chi connectivity index (χ1) is 19.0. The third-order valence-corrected chi connectivity index (χ3v) is 5.23. The predicted octanol–water partition coefficient (Wildman–Crippen LogP) is 5.41. The number of hydrogen-bond donors (Lipinski definition) is 1. The van der Waals surface area contributed by atoms with E-state index < -0.39 is 11.9 Å². The van der Waals surface area contributed by atoms with Crippen molar-refractivity contribution >= 4 is 18.1 Å². The summed E-state index contributed by atoms with van der Waals surface area (Å²) in [6, 6.07) is 18.8. The Labute approximate surface area is 228 Å². The van der Waals surface area contributed by atoms with Crippen molar-refractivity contribution in [1.29, 1.82) is 0 Å². The Morgan fingerprint density at radius 1 is 0.769 bits per heavy atom. The highest BCUT2D eigenvalue weighted by Gasteiger charge is 2.13. The van der Waals surface area contributed by atoms with Crippen molar-refractivity contribution in [1.82, 2.24) is 5.43 Å². The SMILES string of the molecule is CCCCOc1ccc(OCC(=O)N/N=C/c2ccc(OC(=O)c3ccc(OCC)cc3)c(OCC)c2)cc1. The summed E-state index contributed by atoms with van der Waals surface area (Å²) in [6.07, 6.45) is 3.52. The Balaban J connectivity index is 1.51. The van der Waals surface area contributed by atoms with E-state index in [0.717, 1.165) is 18.6 Å². The zero-order chi connectivity index (χ0) is 27.9. The monoisotopic (exact) mass is 534 g/mol. The molecule has 3 aromatic rings. The molecule has 9 heteroatoms. The van der Waals surface area contributed by atoms with Crippen LogP contribution < -0.4 is 29.1 Å². The molecule has 1 N–H and O–H groups in total. The number of carbonyl (C=O) groups excluding carboxylic acids is 2. The minimum Gasteiger partial charge on any atom is -0.494 e. The molecule has 0 heterocycles. The number of rotatable bonds is 15. The molecule has 0 fully saturated rings. The first-order valence-electron chi connectivity index (χ1n) is 12.9. The number of amides is 1. The van der Waals surface area contributed by atoms with E-state index in [1.165, 1.54) is 6.21 Å². The molecule has 0 atom stereocenters. The average molecular weight is 535 g/mol. The van der Waals surface area contributed by atoms with Gasteiger partial charge >= 0.3 is 5.97 Å². The van der Waals surface area contributed by atoms with Crippen molar-refractivity contribution in [3.05, 3.63) is 77.9 Å². The van der Waals surface area contributed by atoms with Crippen molar-refractivity contribution in [2.24, 2.45) is 5.10 Å². The second kappa shape index (κ2) is 15.7. The van der Waals surface area contributed by atoms with Gasteiger partial charge in [0.1, 0.15) is 17.2 Å². The topological polar surface area (TPSA) is 105 Å². The van der Waals surface area contributed by atoms with Gasteiger partial charge in [-0.25, -0.2) is 10.2 Å². The van der Waals surface area contributed by atoms with E-state index in [9.17, 15) is 9.59 Å². The highest BCUT2D eigenvalue weighted by Crippen LogP contribution is 2.29. The van der Waals surface area contributed by atoms with E-state index in [2.05, 4.69) is 17.5 Å². The van der Waals surface area contributed by atoms with Crippen LogP contribution in [-0.2, 0) is 4.79 Å². The van der Waals surface area contributed by atoms with Crippen LogP contribution in [0.2, 0.25) is 0 Å². The van der Waals surface area contributed by atoms with Crippen LogP contribution in [0.1, 0.15) is 49.5 Å². The van der Waals surface area contributed by atoms with Gasteiger partial charge < -0.3 is 23.7 Å². The molecule has 0 aliphatic heterocycles. The number of nitrogens with one attached hydrogen (secondary N) is 1. The number of nitrogens with zero attached hydrogens (tertiary/aromatic N) is 1. The first kappa shape index (κ1) is 29.0. The lowest BCUT2D eigenvalue weighted by atomic mass is 10.2. The number of unbranched alkanes of at least 4 members (excludes halogenated alkanes) is 1. The fourth-order valence-electron chi connectivity index (χ4n) is 3.30. The summed E-state index contributed by atoms with van der Waals surface area (Å²) in [4.78, 5) is 24.7.